The highest BCUT2D eigenvalue weighted by molar-refractivity contribution is 5.28. The number of hydrogen-bond acceptors (Lipinski definition) is 2. The summed E-state index contributed by atoms with van der Waals surface area (Å²) in [4.78, 5) is 2.61. The topological polar surface area (TPSA) is 15.3 Å². The number of nitrogens with zero attached hydrogens (tertiary/aromatic N) is 1. The van der Waals surface area contributed by atoms with Gasteiger partial charge in [-0.2, -0.15) is 0 Å². The molecule has 1 N–H and O–H groups in total. The van der Waals surface area contributed by atoms with Gasteiger partial charge in [-0.15, -0.1) is 0 Å². The van der Waals surface area contributed by atoms with Gasteiger partial charge in [-0.25, -0.2) is 0 Å². The molecule has 1 atom stereocenters. The lowest BCUT2D eigenvalue weighted by atomic mass is 10.0. The van der Waals surface area contributed by atoms with Gasteiger partial charge < -0.3 is 5.32 Å². The molecule has 0 aliphatic carbocycles. The Morgan fingerprint density at radius 1 is 1.18 bits per heavy atom. The van der Waals surface area contributed by atoms with Crippen molar-refractivity contribution in [2.45, 2.75) is 32.7 Å². The molecule has 94 valence electrons. The van der Waals surface area contributed by atoms with Crippen molar-refractivity contribution in [1.29, 1.82) is 0 Å². The van der Waals surface area contributed by atoms with Crippen LogP contribution in [0.5, 0.6) is 0 Å². The van der Waals surface area contributed by atoms with Gasteiger partial charge in [-0.3, -0.25) is 4.90 Å². The minimum Gasteiger partial charge on any atom is -0.315 e. The summed E-state index contributed by atoms with van der Waals surface area (Å²) in [5.74, 6) is 0. The Morgan fingerprint density at radius 3 is 2.29 bits per heavy atom. The van der Waals surface area contributed by atoms with Crippen LogP contribution in [0, 0.1) is 0 Å². The van der Waals surface area contributed by atoms with Crippen LogP contribution in [0.4, 0.5) is 0 Å². The lowest BCUT2D eigenvalue weighted by Crippen LogP contribution is -2.41. The Balaban J connectivity index is 1.94. The molecule has 1 aliphatic rings. The monoisotopic (exact) mass is 232 g/mol. The molecule has 0 radical (unpaired) electrons. The molecule has 0 saturated heterocycles. The predicted octanol–water partition coefficient (Wildman–Crippen LogP) is 2.09. The van der Waals surface area contributed by atoms with Crippen molar-refractivity contribution < 1.29 is 0 Å². The van der Waals surface area contributed by atoms with Crippen LogP contribution in [0.15, 0.2) is 24.3 Å². The number of fused-ring (bicyclic) bond motifs is 1. The first kappa shape index (κ1) is 12.6. The van der Waals surface area contributed by atoms with Crippen molar-refractivity contribution in [2.75, 3.05) is 26.2 Å². The van der Waals surface area contributed by atoms with Crippen LogP contribution in [0.25, 0.3) is 0 Å². The van der Waals surface area contributed by atoms with E-state index in [4.69, 9.17) is 0 Å². The maximum Gasteiger partial charge on any atom is 0.0192 e. The molecule has 2 nitrogen and oxygen atoms in total. The van der Waals surface area contributed by atoms with Crippen LogP contribution in [-0.2, 0) is 12.8 Å². The van der Waals surface area contributed by atoms with Gasteiger partial charge in [-0.1, -0.05) is 31.2 Å². The average Bonchev–Trinajstić information content (AvgIpc) is 2.58. The Hall–Kier alpha value is -0.860. The summed E-state index contributed by atoms with van der Waals surface area (Å²) in [5.41, 5.74) is 3.09. The molecule has 0 aromatic heterocycles. The van der Waals surface area contributed by atoms with Crippen LogP contribution in [0.2, 0.25) is 0 Å². The first-order valence-electron chi connectivity index (χ1n) is 6.82. The average molecular weight is 232 g/mol. The molecule has 1 unspecified atom stereocenters. The maximum atomic E-state index is 3.45. The molecule has 17 heavy (non-hydrogen) atoms. The zero-order valence-electron chi connectivity index (χ0n) is 11.1. The third-order valence-corrected chi connectivity index (χ3v) is 3.77. The Labute approximate surface area is 105 Å². The quantitative estimate of drug-likeness (QED) is 0.855. The minimum absolute atomic E-state index is 0.643. The molecular formula is C15H24N2. The van der Waals surface area contributed by atoms with E-state index in [0.717, 1.165) is 13.1 Å². The summed E-state index contributed by atoms with van der Waals surface area (Å²) >= 11 is 0. The Kier molecular flexibility index (Phi) is 4.57. The summed E-state index contributed by atoms with van der Waals surface area (Å²) in [6.45, 7) is 9.07. The van der Waals surface area contributed by atoms with Gasteiger partial charge in [0.05, 0.1) is 0 Å². The van der Waals surface area contributed by atoms with Crippen molar-refractivity contribution in [2.24, 2.45) is 0 Å². The normalized spacial score (nSPS) is 18.5. The van der Waals surface area contributed by atoms with Crippen molar-refractivity contribution in [3.8, 4) is 0 Å². The van der Waals surface area contributed by atoms with Crippen LogP contribution in [0.3, 0.4) is 0 Å². The summed E-state index contributed by atoms with van der Waals surface area (Å²) in [5, 5.41) is 3.45. The standard InChI is InChI=1S/C15H24N2/c1-3-16-12-13(2)17-10-8-14-6-4-5-7-15(14)9-11-17/h4-7,13,16H,3,8-12H2,1-2H3. The number of likely N-dealkylation sites (N-methyl/N-ethyl adjacent to an activating group) is 1. The van der Waals surface area contributed by atoms with Crippen LogP contribution >= 0.6 is 0 Å². The van der Waals surface area contributed by atoms with Gasteiger partial charge in [0.25, 0.3) is 0 Å². The molecule has 1 heterocycles. The molecule has 0 fully saturated rings. The van der Waals surface area contributed by atoms with Gasteiger partial charge in [0.1, 0.15) is 0 Å². The predicted molar refractivity (Wildman–Crippen MR) is 73.4 cm³/mol. The van der Waals surface area contributed by atoms with Gasteiger partial charge >= 0.3 is 0 Å². The maximum absolute atomic E-state index is 3.45. The van der Waals surface area contributed by atoms with Crippen LogP contribution < -0.4 is 5.32 Å². The van der Waals surface area contributed by atoms with E-state index in [1.807, 2.05) is 0 Å². The second-order valence-corrected chi connectivity index (χ2v) is 4.96. The molecule has 0 spiro atoms. The highest BCUT2D eigenvalue weighted by Gasteiger charge is 2.17. The number of nitrogens with one attached hydrogen (secondary N) is 1. The summed E-state index contributed by atoms with van der Waals surface area (Å²) in [6.07, 6.45) is 2.40. The van der Waals surface area contributed by atoms with Gasteiger partial charge in [0.15, 0.2) is 0 Å². The first-order valence-corrected chi connectivity index (χ1v) is 6.82. The Bertz CT molecular complexity index is 322. The highest BCUT2D eigenvalue weighted by atomic mass is 15.2. The third kappa shape index (κ3) is 3.30. The molecule has 2 rings (SSSR count). The van der Waals surface area contributed by atoms with E-state index in [0.29, 0.717) is 6.04 Å². The second-order valence-electron chi connectivity index (χ2n) is 4.96. The van der Waals surface area contributed by atoms with Crippen LogP contribution in [-0.4, -0.2) is 37.1 Å². The van der Waals surface area contributed by atoms with E-state index >= 15 is 0 Å². The fourth-order valence-corrected chi connectivity index (χ4v) is 2.61. The van der Waals surface area contributed by atoms with Crippen molar-refractivity contribution in [3.63, 3.8) is 0 Å². The van der Waals surface area contributed by atoms with Gasteiger partial charge in [0, 0.05) is 25.7 Å². The molecule has 0 saturated carbocycles. The summed E-state index contributed by atoms with van der Waals surface area (Å²) in [7, 11) is 0. The fraction of sp³-hybridized carbons (Fsp3) is 0.600. The Morgan fingerprint density at radius 2 is 1.76 bits per heavy atom. The van der Waals surface area contributed by atoms with Crippen molar-refractivity contribution >= 4 is 0 Å². The van der Waals surface area contributed by atoms with Crippen LogP contribution in [0.1, 0.15) is 25.0 Å². The largest absolute Gasteiger partial charge is 0.315 e. The molecule has 1 aliphatic heterocycles. The molecule has 1 aromatic carbocycles. The summed E-state index contributed by atoms with van der Waals surface area (Å²) in [6, 6.07) is 9.54. The van der Waals surface area contributed by atoms with E-state index in [-0.39, 0.29) is 0 Å². The molecular weight excluding hydrogens is 208 g/mol. The van der Waals surface area contributed by atoms with Crippen molar-refractivity contribution in [3.05, 3.63) is 35.4 Å². The van der Waals surface area contributed by atoms with Gasteiger partial charge in [0.2, 0.25) is 0 Å². The first-order chi connectivity index (χ1) is 8.31. The molecule has 0 bridgehead atoms. The SMILES string of the molecule is CCNCC(C)N1CCc2ccccc2CC1. The lowest BCUT2D eigenvalue weighted by molar-refractivity contribution is 0.214. The minimum atomic E-state index is 0.643. The molecule has 1 aromatic rings. The zero-order valence-corrected chi connectivity index (χ0v) is 11.1. The zero-order chi connectivity index (χ0) is 12.1. The van der Waals surface area contributed by atoms with Crippen molar-refractivity contribution in [1.82, 2.24) is 10.2 Å². The molecule has 0 amide bonds. The van der Waals surface area contributed by atoms with E-state index in [2.05, 4.69) is 48.3 Å². The number of hydrogen-bond donors (Lipinski definition) is 1. The summed E-state index contributed by atoms with van der Waals surface area (Å²) < 4.78 is 0. The highest BCUT2D eigenvalue weighted by Crippen LogP contribution is 2.16. The van der Waals surface area contributed by atoms with E-state index in [9.17, 15) is 0 Å². The van der Waals surface area contributed by atoms with Gasteiger partial charge in [-0.05, 0) is 37.4 Å². The smallest absolute Gasteiger partial charge is 0.0192 e. The van der Waals surface area contributed by atoms with E-state index < -0.39 is 0 Å². The number of benzene rings is 1. The van der Waals surface area contributed by atoms with E-state index in [1.54, 1.807) is 11.1 Å². The lowest BCUT2D eigenvalue weighted by Gasteiger charge is -2.27. The molecule has 2 heteroatoms. The number of rotatable bonds is 4. The fourth-order valence-electron chi connectivity index (χ4n) is 2.61. The van der Waals surface area contributed by atoms with E-state index in [1.165, 1.54) is 25.9 Å². The second kappa shape index (κ2) is 6.18. The third-order valence-electron chi connectivity index (χ3n) is 3.77.